The fourth-order valence-electron chi connectivity index (χ4n) is 3.90. The van der Waals surface area contributed by atoms with E-state index in [1.807, 2.05) is 24.3 Å². The van der Waals surface area contributed by atoms with Gasteiger partial charge in [-0.2, -0.15) is 0 Å². The molecule has 0 saturated carbocycles. The van der Waals surface area contributed by atoms with Crippen molar-refractivity contribution in [3.63, 3.8) is 0 Å². The fourth-order valence-corrected chi connectivity index (χ4v) is 3.90. The van der Waals surface area contributed by atoms with Crippen molar-refractivity contribution in [1.82, 2.24) is 20.9 Å². The van der Waals surface area contributed by atoms with E-state index in [0.717, 1.165) is 16.5 Å². The van der Waals surface area contributed by atoms with Gasteiger partial charge in [0, 0.05) is 17.1 Å². The van der Waals surface area contributed by atoms with E-state index < -0.39 is 54.5 Å². The molecule has 1 aromatic heterocycles. The number of aliphatic hydroxyl groups excluding tert-OH is 1. The van der Waals surface area contributed by atoms with Gasteiger partial charge in [-0.15, -0.1) is 0 Å². The Morgan fingerprint density at radius 3 is 2.24 bits per heavy atom. The Hall–Kier alpha value is -3.48. The third-order valence-electron chi connectivity index (χ3n) is 6.08. The first-order valence-electron chi connectivity index (χ1n) is 12.3. The number of fused-ring (bicyclic) bond motifs is 1. The summed E-state index contributed by atoms with van der Waals surface area (Å²) >= 11 is 0. The lowest BCUT2D eigenvalue weighted by Crippen LogP contribution is -2.58. The molecule has 4 atom stereocenters. The monoisotopic (exact) mass is 518 g/mol. The molecule has 0 bridgehead atoms. The first kappa shape index (κ1) is 29.7. The van der Waals surface area contributed by atoms with Crippen molar-refractivity contribution < 1.29 is 29.4 Å². The summed E-state index contributed by atoms with van der Waals surface area (Å²) in [4.78, 5) is 53.0. The van der Waals surface area contributed by atoms with Crippen LogP contribution in [0.3, 0.4) is 0 Å². The van der Waals surface area contributed by atoms with Crippen molar-refractivity contribution in [3.8, 4) is 0 Å². The molecule has 0 radical (unpaired) electrons. The normalized spacial score (nSPS) is 14.5. The molecule has 0 aliphatic heterocycles. The van der Waals surface area contributed by atoms with Crippen molar-refractivity contribution >= 4 is 34.6 Å². The lowest BCUT2D eigenvalue weighted by atomic mass is 10.0. The van der Waals surface area contributed by atoms with Crippen LogP contribution in [-0.4, -0.2) is 76.2 Å². The number of carboxylic acids is 1. The number of hydrogen-bond donors (Lipinski definition) is 8. The summed E-state index contributed by atoms with van der Waals surface area (Å²) in [6.07, 6.45) is 3.26. The van der Waals surface area contributed by atoms with Gasteiger partial charge in [0.2, 0.25) is 17.7 Å². The van der Waals surface area contributed by atoms with Crippen LogP contribution >= 0.6 is 0 Å². The number of para-hydroxylation sites is 1. The minimum atomic E-state index is -1.35. The summed E-state index contributed by atoms with van der Waals surface area (Å²) in [5, 5.41) is 27.5. The zero-order valence-electron chi connectivity index (χ0n) is 21.2. The number of aliphatic hydroxyl groups is 1. The second kappa shape index (κ2) is 14.3. The summed E-state index contributed by atoms with van der Waals surface area (Å²) in [7, 11) is 0. The van der Waals surface area contributed by atoms with Crippen molar-refractivity contribution in [2.45, 2.75) is 63.7 Å². The third kappa shape index (κ3) is 8.55. The van der Waals surface area contributed by atoms with Crippen LogP contribution in [0, 0.1) is 5.92 Å². The highest BCUT2D eigenvalue weighted by molar-refractivity contribution is 5.94. The van der Waals surface area contributed by atoms with Crippen molar-refractivity contribution in [2.24, 2.45) is 17.4 Å². The van der Waals surface area contributed by atoms with Crippen LogP contribution in [-0.2, 0) is 25.6 Å². The second-order valence-electron chi connectivity index (χ2n) is 9.33. The van der Waals surface area contributed by atoms with E-state index in [1.54, 1.807) is 20.0 Å². The van der Waals surface area contributed by atoms with E-state index >= 15 is 0 Å². The Morgan fingerprint density at radius 2 is 1.62 bits per heavy atom. The van der Waals surface area contributed by atoms with Gasteiger partial charge in [0.15, 0.2) is 0 Å². The minimum Gasteiger partial charge on any atom is -0.480 e. The highest BCUT2D eigenvalue weighted by atomic mass is 16.4. The summed E-state index contributed by atoms with van der Waals surface area (Å²) in [6.45, 7) is 2.96. The van der Waals surface area contributed by atoms with Crippen LogP contribution in [0.25, 0.3) is 10.9 Å². The molecule has 4 unspecified atom stereocenters. The van der Waals surface area contributed by atoms with Crippen LogP contribution in [0.1, 0.15) is 38.7 Å². The number of benzene rings is 1. The molecular formula is C25H38N6O6. The fraction of sp³-hybridized carbons (Fsp3) is 0.520. The number of amides is 3. The summed E-state index contributed by atoms with van der Waals surface area (Å²) in [5.74, 6) is -3.69. The zero-order valence-corrected chi connectivity index (χ0v) is 21.2. The van der Waals surface area contributed by atoms with Gasteiger partial charge < -0.3 is 42.6 Å². The zero-order chi connectivity index (χ0) is 27.5. The molecule has 0 spiro atoms. The number of unbranched alkanes of at least 4 members (excludes halogenated alkanes) is 1. The van der Waals surface area contributed by atoms with Crippen LogP contribution in [0.4, 0.5) is 0 Å². The first-order chi connectivity index (χ1) is 17.6. The molecule has 0 aliphatic rings. The van der Waals surface area contributed by atoms with Gasteiger partial charge in [-0.1, -0.05) is 32.0 Å². The number of carboxylic acid groups (broad SMARTS) is 1. The molecule has 2 rings (SSSR count). The van der Waals surface area contributed by atoms with E-state index in [-0.39, 0.29) is 18.8 Å². The van der Waals surface area contributed by atoms with Gasteiger partial charge in [-0.3, -0.25) is 14.4 Å². The Bertz CT molecular complexity index is 1070. The van der Waals surface area contributed by atoms with Crippen LogP contribution < -0.4 is 27.4 Å². The van der Waals surface area contributed by atoms with Gasteiger partial charge >= 0.3 is 5.97 Å². The molecule has 1 aromatic carbocycles. The number of carbonyl (C=O) groups is 4. The molecule has 204 valence electrons. The number of aromatic nitrogens is 1. The largest absolute Gasteiger partial charge is 0.480 e. The summed E-state index contributed by atoms with van der Waals surface area (Å²) < 4.78 is 0. The third-order valence-corrected chi connectivity index (χ3v) is 6.08. The number of nitrogens with one attached hydrogen (secondary N) is 4. The topological polar surface area (TPSA) is 213 Å². The van der Waals surface area contributed by atoms with E-state index in [4.69, 9.17) is 11.5 Å². The smallest absolute Gasteiger partial charge is 0.326 e. The molecule has 0 aliphatic carbocycles. The highest BCUT2D eigenvalue weighted by Gasteiger charge is 2.31. The number of rotatable bonds is 15. The van der Waals surface area contributed by atoms with Crippen molar-refractivity contribution in [2.75, 3.05) is 13.2 Å². The second-order valence-corrected chi connectivity index (χ2v) is 9.33. The maximum atomic E-state index is 12.9. The molecule has 12 heteroatoms. The summed E-state index contributed by atoms with van der Waals surface area (Å²) in [5.41, 5.74) is 13.3. The summed E-state index contributed by atoms with van der Waals surface area (Å²) in [6, 6.07) is 2.99. The van der Waals surface area contributed by atoms with Crippen LogP contribution in [0.15, 0.2) is 30.5 Å². The SMILES string of the molecule is CC(C)C(NC(=O)C(CCCCN)NC(=O)C(CO)NC(=O)C(N)Cc1c[nH]c2ccccc12)C(=O)O. The van der Waals surface area contributed by atoms with Crippen LogP contribution in [0.2, 0.25) is 0 Å². The molecule has 3 amide bonds. The van der Waals surface area contributed by atoms with Crippen molar-refractivity contribution in [3.05, 3.63) is 36.0 Å². The number of nitrogens with two attached hydrogens (primary N) is 2. The molecule has 2 aromatic rings. The molecule has 1 heterocycles. The predicted octanol–water partition coefficient (Wildman–Crippen LogP) is -0.646. The number of hydrogen-bond acceptors (Lipinski definition) is 7. The van der Waals surface area contributed by atoms with E-state index in [2.05, 4.69) is 20.9 Å². The predicted molar refractivity (Wildman–Crippen MR) is 138 cm³/mol. The number of aliphatic carboxylic acids is 1. The van der Waals surface area contributed by atoms with Gasteiger partial charge in [-0.05, 0) is 49.8 Å². The van der Waals surface area contributed by atoms with Gasteiger partial charge in [0.1, 0.15) is 18.1 Å². The maximum absolute atomic E-state index is 12.9. The quantitative estimate of drug-likeness (QED) is 0.142. The average Bonchev–Trinajstić information content (AvgIpc) is 3.27. The molecule has 0 fully saturated rings. The molecule has 12 nitrogen and oxygen atoms in total. The van der Waals surface area contributed by atoms with Gasteiger partial charge in [-0.25, -0.2) is 4.79 Å². The number of carbonyl (C=O) groups excluding carboxylic acids is 3. The minimum absolute atomic E-state index is 0.200. The Labute approximate surface area is 215 Å². The first-order valence-corrected chi connectivity index (χ1v) is 12.3. The number of H-pyrrole nitrogens is 1. The van der Waals surface area contributed by atoms with E-state index in [9.17, 15) is 29.4 Å². The molecule has 10 N–H and O–H groups in total. The van der Waals surface area contributed by atoms with E-state index in [0.29, 0.717) is 19.4 Å². The lowest BCUT2D eigenvalue weighted by molar-refractivity contribution is -0.143. The van der Waals surface area contributed by atoms with Gasteiger partial charge in [0.25, 0.3) is 0 Å². The van der Waals surface area contributed by atoms with Crippen LogP contribution in [0.5, 0.6) is 0 Å². The highest BCUT2D eigenvalue weighted by Crippen LogP contribution is 2.18. The van der Waals surface area contributed by atoms with E-state index in [1.165, 1.54) is 0 Å². The average molecular weight is 519 g/mol. The Kier molecular flexibility index (Phi) is 11.5. The van der Waals surface area contributed by atoms with Gasteiger partial charge in [0.05, 0.1) is 12.6 Å². The standard InChI is InChI=1S/C25H38N6O6/c1-14(2)21(25(36)37)31-23(34)19(9-5-6-10-26)29-24(35)20(13-32)30-22(33)17(27)11-15-12-28-18-8-4-3-7-16(15)18/h3-4,7-8,12,14,17,19-21,28,32H,5-6,9-11,13,26-27H2,1-2H3,(H,29,35)(H,30,33)(H,31,34)(H,36,37). The number of aromatic amines is 1. The molecule has 37 heavy (non-hydrogen) atoms. The Morgan fingerprint density at radius 1 is 0.973 bits per heavy atom. The molecular weight excluding hydrogens is 480 g/mol. The maximum Gasteiger partial charge on any atom is 0.326 e. The van der Waals surface area contributed by atoms with Crippen molar-refractivity contribution in [1.29, 1.82) is 0 Å². The lowest BCUT2D eigenvalue weighted by Gasteiger charge is -2.25. The Balaban J connectivity index is 2.04. The molecule has 0 saturated heterocycles.